The summed E-state index contributed by atoms with van der Waals surface area (Å²) in [5.41, 5.74) is 5.14. The van der Waals surface area contributed by atoms with Crippen molar-refractivity contribution in [1.29, 1.82) is 0 Å². The second-order valence-corrected chi connectivity index (χ2v) is 8.99. The monoisotopic (exact) mass is 475 g/mol. The number of hydrogen-bond donors (Lipinski definition) is 4. The Hall–Kier alpha value is -4.07. The summed E-state index contributed by atoms with van der Waals surface area (Å²) in [6.07, 6.45) is 1.13. The van der Waals surface area contributed by atoms with Crippen LogP contribution in [0.5, 0.6) is 0 Å². The van der Waals surface area contributed by atoms with Crippen LogP contribution in [0, 0.1) is 5.92 Å². The molecule has 0 fully saturated rings. The molecule has 0 radical (unpaired) electrons. The molecule has 0 saturated carbocycles. The van der Waals surface area contributed by atoms with E-state index in [2.05, 4.69) is 27.8 Å². The van der Waals surface area contributed by atoms with E-state index in [1.807, 2.05) is 36.4 Å². The summed E-state index contributed by atoms with van der Waals surface area (Å²) in [6.45, 7) is 3.52. The fourth-order valence-corrected chi connectivity index (χ4v) is 4.47. The molecule has 8 heteroatoms. The number of carboxylic acids is 1. The number of carbonyl (C=O) groups is 3. The molecular weight excluding hydrogens is 446 g/mol. The minimum Gasteiger partial charge on any atom is -0.480 e. The average molecular weight is 476 g/mol. The number of rotatable bonds is 9. The van der Waals surface area contributed by atoms with E-state index in [0.717, 1.165) is 27.9 Å². The van der Waals surface area contributed by atoms with Gasteiger partial charge in [0.15, 0.2) is 0 Å². The van der Waals surface area contributed by atoms with Crippen molar-refractivity contribution in [2.45, 2.75) is 38.3 Å². The van der Waals surface area contributed by atoms with Crippen LogP contribution in [0.3, 0.4) is 0 Å². The lowest BCUT2D eigenvalue weighted by molar-refractivity contribution is -0.143. The number of carbonyl (C=O) groups excluding carboxylic acids is 2. The summed E-state index contributed by atoms with van der Waals surface area (Å²) < 4.78 is 5.58. The summed E-state index contributed by atoms with van der Waals surface area (Å²) in [6, 6.07) is 17.5. The van der Waals surface area contributed by atoms with Crippen LogP contribution in [-0.2, 0) is 20.7 Å². The maximum absolute atomic E-state index is 13.0. The Balaban J connectivity index is 1.45. The normalized spacial score (nSPS) is 14.0. The summed E-state index contributed by atoms with van der Waals surface area (Å²) in [5, 5.41) is 14.6. The first-order valence-electron chi connectivity index (χ1n) is 11.6. The van der Waals surface area contributed by atoms with Gasteiger partial charge in [-0.25, -0.2) is 9.59 Å². The summed E-state index contributed by atoms with van der Waals surface area (Å²) in [7, 11) is 0. The van der Waals surface area contributed by atoms with Gasteiger partial charge in [-0.1, -0.05) is 62.4 Å². The zero-order chi connectivity index (χ0) is 24.9. The molecule has 2 atom stereocenters. The predicted octanol–water partition coefficient (Wildman–Crippen LogP) is 3.69. The molecular formula is C27H29N3O5. The topological polar surface area (TPSA) is 121 Å². The molecule has 0 aliphatic heterocycles. The summed E-state index contributed by atoms with van der Waals surface area (Å²) >= 11 is 0. The van der Waals surface area contributed by atoms with E-state index in [1.165, 1.54) is 0 Å². The summed E-state index contributed by atoms with van der Waals surface area (Å²) in [4.78, 5) is 40.3. The molecule has 0 saturated heterocycles. The minimum absolute atomic E-state index is 0.110. The quantitative estimate of drug-likeness (QED) is 0.376. The van der Waals surface area contributed by atoms with Crippen molar-refractivity contribution in [2.24, 2.45) is 5.92 Å². The molecule has 4 rings (SSSR count). The number of hydrogen-bond acceptors (Lipinski definition) is 4. The third-order valence-corrected chi connectivity index (χ3v) is 6.27. The molecule has 1 heterocycles. The highest BCUT2D eigenvalue weighted by atomic mass is 16.5. The Morgan fingerprint density at radius 2 is 1.57 bits per heavy atom. The molecule has 182 valence electrons. The Labute approximate surface area is 203 Å². The third-order valence-electron chi connectivity index (χ3n) is 6.27. The second-order valence-electron chi connectivity index (χ2n) is 8.99. The van der Waals surface area contributed by atoms with E-state index in [0.29, 0.717) is 0 Å². The fraction of sp³-hybridized carbons (Fsp3) is 0.296. The molecule has 8 nitrogen and oxygen atoms in total. The molecule has 4 N–H and O–H groups in total. The van der Waals surface area contributed by atoms with Crippen LogP contribution in [0.1, 0.15) is 36.6 Å². The number of ether oxygens (including phenoxy) is 1. The molecule has 2 amide bonds. The van der Waals surface area contributed by atoms with Gasteiger partial charge in [-0.05, 0) is 40.3 Å². The number of aromatic nitrogens is 1. The van der Waals surface area contributed by atoms with Crippen molar-refractivity contribution in [3.05, 3.63) is 83.7 Å². The lowest BCUT2D eigenvalue weighted by Gasteiger charge is -2.23. The van der Waals surface area contributed by atoms with Crippen LogP contribution in [0.4, 0.5) is 4.79 Å². The summed E-state index contributed by atoms with van der Waals surface area (Å²) in [5.74, 6) is -2.15. The molecule has 3 aromatic rings. The van der Waals surface area contributed by atoms with Crippen molar-refractivity contribution in [1.82, 2.24) is 15.6 Å². The highest BCUT2D eigenvalue weighted by Crippen LogP contribution is 2.44. The lowest BCUT2D eigenvalue weighted by Crippen LogP contribution is -2.54. The van der Waals surface area contributed by atoms with Crippen LogP contribution in [0.2, 0.25) is 0 Å². The number of carboxylic acid groups (broad SMARTS) is 1. The molecule has 1 aliphatic carbocycles. The Kier molecular flexibility index (Phi) is 7.19. The number of nitrogens with one attached hydrogen (secondary N) is 3. The number of amides is 2. The molecule has 2 aromatic carbocycles. The Morgan fingerprint density at radius 3 is 2.11 bits per heavy atom. The first kappa shape index (κ1) is 24.1. The van der Waals surface area contributed by atoms with E-state index in [4.69, 9.17) is 4.74 Å². The SMILES string of the molecule is CC(C)C(NC(=O)C(Cc1ccc[nH]1)NC(=O)OCC1c2ccccc2-c2ccccc21)C(=O)O. The van der Waals surface area contributed by atoms with Crippen LogP contribution in [0.15, 0.2) is 66.9 Å². The smallest absolute Gasteiger partial charge is 0.407 e. The molecule has 1 aromatic heterocycles. The second kappa shape index (κ2) is 10.5. The zero-order valence-electron chi connectivity index (χ0n) is 19.7. The van der Waals surface area contributed by atoms with E-state index in [-0.39, 0.29) is 24.9 Å². The van der Waals surface area contributed by atoms with E-state index < -0.39 is 30.1 Å². The first-order valence-corrected chi connectivity index (χ1v) is 11.6. The number of aromatic amines is 1. The van der Waals surface area contributed by atoms with Gasteiger partial charge in [-0.3, -0.25) is 4.79 Å². The van der Waals surface area contributed by atoms with E-state index in [1.54, 1.807) is 32.2 Å². The van der Waals surface area contributed by atoms with Crippen molar-refractivity contribution < 1.29 is 24.2 Å². The third kappa shape index (κ3) is 5.37. The van der Waals surface area contributed by atoms with Gasteiger partial charge in [0.05, 0.1) is 0 Å². The number of alkyl carbamates (subject to hydrolysis) is 1. The van der Waals surface area contributed by atoms with Crippen molar-refractivity contribution in [3.63, 3.8) is 0 Å². The standard InChI is InChI=1S/C27H29N3O5/c1-16(2)24(26(32)33)30-25(31)23(14-17-8-7-13-28-17)29-27(34)35-15-22-20-11-5-3-9-18(20)19-10-4-6-12-21(19)22/h3-13,16,22-24,28H,14-15H2,1-2H3,(H,29,34)(H,30,31)(H,32,33). The highest BCUT2D eigenvalue weighted by Gasteiger charge is 2.31. The van der Waals surface area contributed by atoms with Gasteiger partial charge in [0.2, 0.25) is 5.91 Å². The van der Waals surface area contributed by atoms with E-state index in [9.17, 15) is 19.5 Å². The first-order chi connectivity index (χ1) is 16.8. The van der Waals surface area contributed by atoms with Crippen molar-refractivity contribution in [2.75, 3.05) is 6.61 Å². The van der Waals surface area contributed by atoms with Gasteiger partial charge < -0.3 is 25.5 Å². The Bertz CT molecular complexity index is 1160. The fourth-order valence-electron chi connectivity index (χ4n) is 4.47. The highest BCUT2D eigenvalue weighted by molar-refractivity contribution is 5.89. The lowest BCUT2D eigenvalue weighted by atomic mass is 9.98. The maximum atomic E-state index is 13.0. The van der Waals surface area contributed by atoms with Crippen molar-refractivity contribution in [3.8, 4) is 11.1 Å². The average Bonchev–Trinajstić information content (AvgIpc) is 3.46. The number of fused-ring (bicyclic) bond motifs is 3. The van der Waals surface area contributed by atoms with Gasteiger partial charge >= 0.3 is 12.1 Å². The number of aliphatic carboxylic acids is 1. The molecule has 1 aliphatic rings. The molecule has 0 bridgehead atoms. The van der Waals surface area contributed by atoms with Crippen LogP contribution in [0.25, 0.3) is 11.1 Å². The van der Waals surface area contributed by atoms with Gasteiger partial charge in [0, 0.05) is 24.2 Å². The van der Waals surface area contributed by atoms with Gasteiger partial charge in [0.25, 0.3) is 0 Å². The number of H-pyrrole nitrogens is 1. The van der Waals surface area contributed by atoms with E-state index >= 15 is 0 Å². The van der Waals surface area contributed by atoms with Crippen molar-refractivity contribution >= 4 is 18.0 Å². The van der Waals surface area contributed by atoms with Crippen LogP contribution in [-0.4, -0.2) is 46.8 Å². The number of benzene rings is 2. The molecule has 2 unspecified atom stereocenters. The van der Waals surface area contributed by atoms with Crippen LogP contribution >= 0.6 is 0 Å². The Morgan fingerprint density at radius 1 is 0.943 bits per heavy atom. The largest absolute Gasteiger partial charge is 0.480 e. The predicted molar refractivity (Wildman–Crippen MR) is 131 cm³/mol. The zero-order valence-corrected chi connectivity index (χ0v) is 19.7. The maximum Gasteiger partial charge on any atom is 0.407 e. The van der Waals surface area contributed by atoms with Gasteiger partial charge in [-0.15, -0.1) is 0 Å². The van der Waals surface area contributed by atoms with Gasteiger partial charge in [-0.2, -0.15) is 0 Å². The minimum atomic E-state index is -1.13. The van der Waals surface area contributed by atoms with Crippen LogP contribution < -0.4 is 10.6 Å². The molecule has 35 heavy (non-hydrogen) atoms. The molecule has 0 spiro atoms. The van der Waals surface area contributed by atoms with Gasteiger partial charge in [0.1, 0.15) is 18.7 Å².